The summed E-state index contributed by atoms with van der Waals surface area (Å²) >= 11 is 3.42. The number of nitrogens with one attached hydrogen (secondary N) is 2. The maximum absolute atomic E-state index is 12.7. The number of H-pyrrole nitrogens is 1. The highest BCUT2D eigenvalue weighted by Gasteiger charge is 2.26. The number of likely N-dealkylation sites (tertiary alicyclic amines) is 1. The number of hydrogen-bond acceptors (Lipinski definition) is 4. The van der Waals surface area contributed by atoms with Crippen molar-refractivity contribution in [3.63, 3.8) is 0 Å². The van der Waals surface area contributed by atoms with Crippen LogP contribution in [0.2, 0.25) is 0 Å². The second-order valence-corrected chi connectivity index (χ2v) is 8.27. The van der Waals surface area contributed by atoms with Gasteiger partial charge < -0.3 is 16.0 Å². The van der Waals surface area contributed by atoms with E-state index in [-0.39, 0.29) is 5.91 Å². The van der Waals surface area contributed by atoms with Gasteiger partial charge in [0.1, 0.15) is 0 Å². The lowest BCUT2D eigenvalue weighted by molar-refractivity contribution is -0.133. The second kappa shape index (κ2) is 8.32. The van der Waals surface area contributed by atoms with E-state index < -0.39 is 6.04 Å². The standard InChI is InChI=1S/C21H24BrN5O/c22-16-4-1-14(2-5-16)11-19(23)21(28)27-9-7-17(8-10-27)25-18-6-3-15-13-24-26-20(15)12-18/h1-6,12-13,17,19,25H,7-11,23H2,(H,24,26)/t19-/m0/s1. The highest BCUT2D eigenvalue weighted by atomic mass is 79.9. The third-order valence-electron chi connectivity index (χ3n) is 5.31. The van der Waals surface area contributed by atoms with E-state index in [2.05, 4.69) is 49.6 Å². The zero-order valence-corrected chi connectivity index (χ0v) is 17.2. The Labute approximate surface area is 172 Å². The molecule has 3 aromatic rings. The van der Waals surface area contributed by atoms with E-state index in [0.717, 1.165) is 52.6 Å². The number of anilines is 1. The Bertz CT molecular complexity index is 947. The molecule has 7 heteroatoms. The SMILES string of the molecule is N[C@@H](Cc1ccc(Br)cc1)C(=O)N1CCC(Nc2ccc3cn[nH]c3c2)CC1. The average Bonchev–Trinajstić information content (AvgIpc) is 3.17. The first-order chi connectivity index (χ1) is 13.6. The van der Waals surface area contributed by atoms with Gasteiger partial charge in [-0.1, -0.05) is 28.1 Å². The molecule has 1 atom stereocenters. The molecule has 1 amide bonds. The van der Waals surface area contributed by atoms with E-state index in [4.69, 9.17) is 5.73 Å². The molecule has 2 heterocycles. The number of piperidine rings is 1. The fourth-order valence-corrected chi connectivity index (χ4v) is 3.97. The van der Waals surface area contributed by atoms with Crippen LogP contribution in [0.1, 0.15) is 18.4 Å². The molecule has 0 bridgehead atoms. The van der Waals surface area contributed by atoms with Crippen molar-refractivity contribution in [2.24, 2.45) is 5.73 Å². The molecule has 0 aliphatic carbocycles. The molecule has 146 valence electrons. The van der Waals surface area contributed by atoms with Crippen LogP contribution in [0.25, 0.3) is 10.9 Å². The van der Waals surface area contributed by atoms with Gasteiger partial charge in [-0.05, 0) is 55.2 Å². The number of benzene rings is 2. The number of carbonyl (C=O) groups is 1. The molecule has 1 aliphatic rings. The van der Waals surface area contributed by atoms with Crippen molar-refractivity contribution in [2.75, 3.05) is 18.4 Å². The van der Waals surface area contributed by atoms with E-state index in [1.54, 1.807) is 0 Å². The number of aromatic nitrogens is 2. The number of nitrogens with two attached hydrogens (primary N) is 1. The maximum atomic E-state index is 12.7. The van der Waals surface area contributed by atoms with Crippen LogP contribution in [0.15, 0.2) is 53.1 Å². The molecule has 28 heavy (non-hydrogen) atoms. The average molecular weight is 442 g/mol. The molecule has 4 N–H and O–H groups in total. The van der Waals surface area contributed by atoms with Crippen LogP contribution in [0.3, 0.4) is 0 Å². The number of hydrogen-bond donors (Lipinski definition) is 3. The van der Waals surface area contributed by atoms with Crippen LogP contribution >= 0.6 is 15.9 Å². The first kappa shape index (κ1) is 19.0. The van der Waals surface area contributed by atoms with Crippen molar-refractivity contribution in [3.05, 3.63) is 58.7 Å². The number of amides is 1. The van der Waals surface area contributed by atoms with Gasteiger partial charge in [-0.15, -0.1) is 0 Å². The lowest BCUT2D eigenvalue weighted by Gasteiger charge is -2.34. The summed E-state index contributed by atoms with van der Waals surface area (Å²) in [5.41, 5.74) is 9.37. The molecule has 0 saturated carbocycles. The van der Waals surface area contributed by atoms with Gasteiger partial charge in [0.05, 0.1) is 17.8 Å². The third kappa shape index (κ3) is 4.36. The molecule has 1 saturated heterocycles. The van der Waals surface area contributed by atoms with Crippen LogP contribution in [0.5, 0.6) is 0 Å². The summed E-state index contributed by atoms with van der Waals surface area (Å²) in [6.45, 7) is 1.47. The van der Waals surface area contributed by atoms with Crippen molar-refractivity contribution >= 4 is 38.4 Å². The predicted octanol–water partition coefficient (Wildman–Crippen LogP) is 3.30. The molecule has 1 aromatic heterocycles. The summed E-state index contributed by atoms with van der Waals surface area (Å²) in [4.78, 5) is 14.6. The number of aromatic amines is 1. The summed E-state index contributed by atoms with van der Waals surface area (Å²) in [6.07, 6.45) is 4.21. The monoisotopic (exact) mass is 441 g/mol. The Morgan fingerprint density at radius 3 is 2.75 bits per heavy atom. The minimum atomic E-state index is -0.492. The van der Waals surface area contributed by atoms with E-state index >= 15 is 0 Å². The van der Waals surface area contributed by atoms with Gasteiger partial charge in [-0.2, -0.15) is 5.10 Å². The first-order valence-corrected chi connectivity index (χ1v) is 10.4. The minimum Gasteiger partial charge on any atom is -0.382 e. The molecular weight excluding hydrogens is 418 g/mol. The summed E-state index contributed by atoms with van der Waals surface area (Å²) in [5.74, 6) is 0.0419. The Kier molecular flexibility index (Phi) is 5.64. The Morgan fingerprint density at radius 1 is 1.25 bits per heavy atom. The van der Waals surface area contributed by atoms with Crippen molar-refractivity contribution in [2.45, 2.75) is 31.3 Å². The fraction of sp³-hybridized carbons (Fsp3) is 0.333. The van der Waals surface area contributed by atoms with E-state index in [9.17, 15) is 4.79 Å². The Balaban J connectivity index is 1.29. The largest absolute Gasteiger partial charge is 0.382 e. The summed E-state index contributed by atoms with van der Waals surface area (Å²) < 4.78 is 1.03. The van der Waals surface area contributed by atoms with Crippen molar-refractivity contribution in [1.29, 1.82) is 0 Å². The fourth-order valence-electron chi connectivity index (χ4n) is 3.70. The van der Waals surface area contributed by atoms with E-state index in [1.807, 2.05) is 35.4 Å². The summed E-state index contributed by atoms with van der Waals surface area (Å²) in [5, 5.41) is 11.7. The van der Waals surface area contributed by atoms with Gasteiger partial charge in [-0.3, -0.25) is 9.89 Å². The molecule has 4 rings (SSSR count). The number of carbonyl (C=O) groups excluding carboxylic acids is 1. The number of halogens is 1. The van der Waals surface area contributed by atoms with Crippen LogP contribution in [-0.2, 0) is 11.2 Å². The van der Waals surface area contributed by atoms with E-state index in [0.29, 0.717) is 12.5 Å². The number of rotatable bonds is 5. The highest BCUT2D eigenvalue weighted by molar-refractivity contribution is 9.10. The van der Waals surface area contributed by atoms with Gasteiger partial charge in [-0.25, -0.2) is 0 Å². The zero-order valence-electron chi connectivity index (χ0n) is 15.6. The third-order valence-corrected chi connectivity index (χ3v) is 5.83. The van der Waals surface area contributed by atoms with Crippen LogP contribution < -0.4 is 11.1 Å². The second-order valence-electron chi connectivity index (χ2n) is 7.35. The van der Waals surface area contributed by atoms with Gasteiger partial charge in [0.2, 0.25) is 5.91 Å². The molecule has 6 nitrogen and oxygen atoms in total. The summed E-state index contributed by atoms with van der Waals surface area (Å²) in [7, 11) is 0. The van der Waals surface area contributed by atoms with Crippen LogP contribution in [0, 0.1) is 0 Å². The van der Waals surface area contributed by atoms with E-state index in [1.165, 1.54) is 0 Å². The van der Waals surface area contributed by atoms with Crippen molar-refractivity contribution in [3.8, 4) is 0 Å². The molecule has 0 unspecified atom stereocenters. The smallest absolute Gasteiger partial charge is 0.239 e. The molecule has 1 fully saturated rings. The van der Waals surface area contributed by atoms with Crippen molar-refractivity contribution in [1.82, 2.24) is 15.1 Å². The normalized spacial score (nSPS) is 16.3. The van der Waals surface area contributed by atoms with Crippen LogP contribution in [0.4, 0.5) is 5.69 Å². The Hall–Kier alpha value is -2.38. The molecule has 0 radical (unpaired) electrons. The number of fused-ring (bicyclic) bond motifs is 1. The van der Waals surface area contributed by atoms with Gasteiger partial charge in [0.15, 0.2) is 0 Å². The van der Waals surface area contributed by atoms with Crippen LogP contribution in [-0.4, -0.2) is 46.2 Å². The lowest BCUT2D eigenvalue weighted by atomic mass is 10.0. The molecular formula is C21H24BrN5O. The maximum Gasteiger partial charge on any atom is 0.239 e. The van der Waals surface area contributed by atoms with Gasteiger partial charge in [0, 0.05) is 34.7 Å². The molecule has 2 aromatic carbocycles. The first-order valence-electron chi connectivity index (χ1n) is 9.57. The van der Waals surface area contributed by atoms with Gasteiger partial charge >= 0.3 is 0 Å². The molecule has 1 aliphatic heterocycles. The predicted molar refractivity (Wildman–Crippen MR) is 115 cm³/mol. The highest BCUT2D eigenvalue weighted by Crippen LogP contribution is 2.21. The quantitative estimate of drug-likeness (QED) is 0.566. The Morgan fingerprint density at radius 2 is 2.00 bits per heavy atom. The van der Waals surface area contributed by atoms with Crippen molar-refractivity contribution < 1.29 is 4.79 Å². The zero-order chi connectivity index (χ0) is 19.5. The topological polar surface area (TPSA) is 87.0 Å². The van der Waals surface area contributed by atoms with Gasteiger partial charge in [0.25, 0.3) is 0 Å². The molecule has 0 spiro atoms. The summed E-state index contributed by atoms with van der Waals surface area (Å²) in [6, 6.07) is 14.0. The minimum absolute atomic E-state index is 0.0419. The number of nitrogens with zero attached hydrogens (tertiary/aromatic N) is 2. The lowest BCUT2D eigenvalue weighted by Crippen LogP contribution is -2.49.